The molecule has 4 rings (SSSR count). The fourth-order valence-corrected chi connectivity index (χ4v) is 6.39. The number of fused-ring (bicyclic) bond motifs is 5. The molecule has 2 unspecified atom stereocenters. The van der Waals surface area contributed by atoms with Crippen LogP contribution in [-0.4, -0.2) is 25.0 Å². The van der Waals surface area contributed by atoms with Crippen molar-refractivity contribution in [3.8, 4) is 0 Å². The molecular weight excluding hydrogens is 302 g/mol. The van der Waals surface area contributed by atoms with Crippen LogP contribution in [0.15, 0.2) is 11.6 Å². The minimum absolute atomic E-state index is 0.0270. The molecule has 4 aliphatic rings. The molecule has 3 aliphatic carbocycles. The summed E-state index contributed by atoms with van der Waals surface area (Å²) in [4.78, 5) is 24.4. The average Bonchev–Trinajstić information content (AvgIpc) is 2.96. The summed E-state index contributed by atoms with van der Waals surface area (Å²) in [6.45, 7) is 4.76. The largest absolute Gasteiger partial charge is 0.468 e. The minimum Gasteiger partial charge on any atom is -0.468 e. The maximum absolute atomic E-state index is 12.4. The number of methoxy groups -OCH3 is 1. The van der Waals surface area contributed by atoms with Gasteiger partial charge >= 0.3 is 5.97 Å². The van der Waals surface area contributed by atoms with Crippen LogP contribution in [0.2, 0.25) is 0 Å². The quantitative estimate of drug-likeness (QED) is 0.456. The predicted octanol–water partition coefficient (Wildman–Crippen LogP) is 3.22. The van der Waals surface area contributed by atoms with Gasteiger partial charge in [-0.3, -0.25) is 9.59 Å². The number of hydrogen-bond acceptors (Lipinski definition) is 3. The summed E-state index contributed by atoms with van der Waals surface area (Å²) in [7, 11) is 1.38. The Balaban J connectivity index is 1.68. The van der Waals surface area contributed by atoms with Gasteiger partial charge in [-0.05, 0) is 61.2 Å². The van der Waals surface area contributed by atoms with Crippen molar-refractivity contribution in [3.05, 3.63) is 11.6 Å². The van der Waals surface area contributed by atoms with E-state index in [9.17, 15) is 9.59 Å². The van der Waals surface area contributed by atoms with Gasteiger partial charge in [-0.1, -0.05) is 31.9 Å². The number of carbonyl (C=O) groups is 2. The van der Waals surface area contributed by atoms with E-state index in [1.165, 1.54) is 39.2 Å². The first-order valence-corrected chi connectivity index (χ1v) is 9.47. The Labute approximate surface area is 144 Å². The summed E-state index contributed by atoms with van der Waals surface area (Å²) in [5, 5.41) is 3.14. The predicted molar refractivity (Wildman–Crippen MR) is 91.0 cm³/mol. The van der Waals surface area contributed by atoms with Gasteiger partial charge in [-0.15, -0.1) is 0 Å². The van der Waals surface area contributed by atoms with Gasteiger partial charge in [0, 0.05) is 6.04 Å². The van der Waals surface area contributed by atoms with E-state index in [-0.39, 0.29) is 23.3 Å². The van der Waals surface area contributed by atoms with Crippen molar-refractivity contribution in [1.29, 1.82) is 0 Å². The second-order valence-corrected chi connectivity index (χ2v) is 8.98. The molecule has 3 fully saturated rings. The average molecular weight is 331 g/mol. The molecule has 1 N–H and O–H groups in total. The number of amides is 1. The van der Waals surface area contributed by atoms with Crippen molar-refractivity contribution in [2.45, 2.75) is 64.8 Å². The highest BCUT2D eigenvalue weighted by Gasteiger charge is 2.57. The summed E-state index contributed by atoms with van der Waals surface area (Å²) in [5.41, 5.74) is 2.09. The fourth-order valence-electron chi connectivity index (χ4n) is 6.39. The number of carbonyl (C=O) groups excluding carboxylic acids is 2. The molecule has 1 aliphatic heterocycles. The number of hydrogen-bond donors (Lipinski definition) is 1. The number of esters is 1. The van der Waals surface area contributed by atoms with Gasteiger partial charge in [-0.25, -0.2) is 0 Å². The van der Waals surface area contributed by atoms with Crippen LogP contribution in [0.1, 0.15) is 58.8 Å². The van der Waals surface area contributed by atoms with Crippen molar-refractivity contribution < 1.29 is 14.3 Å². The molecular formula is C20H29NO3. The second kappa shape index (κ2) is 5.34. The van der Waals surface area contributed by atoms with Crippen LogP contribution in [0.5, 0.6) is 0 Å². The van der Waals surface area contributed by atoms with Gasteiger partial charge in [0.05, 0.1) is 7.11 Å². The Hall–Kier alpha value is -1.32. The summed E-state index contributed by atoms with van der Waals surface area (Å²) in [6, 6.07) is 0.158. The van der Waals surface area contributed by atoms with Crippen LogP contribution in [-0.2, 0) is 14.3 Å². The maximum Gasteiger partial charge on any atom is 0.318 e. The monoisotopic (exact) mass is 331 g/mol. The smallest absolute Gasteiger partial charge is 0.318 e. The zero-order chi connectivity index (χ0) is 17.1. The molecule has 2 saturated carbocycles. The summed E-state index contributed by atoms with van der Waals surface area (Å²) in [5.74, 6) is 0.0309. The van der Waals surface area contributed by atoms with Crippen molar-refractivity contribution in [2.75, 3.05) is 7.11 Å². The Morgan fingerprint density at radius 1 is 1.25 bits per heavy atom. The second-order valence-electron chi connectivity index (χ2n) is 8.98. The molecule has 0 radical (unpaired) electrons. The molecule has 0 aromatic rings. The number of nitrogens with one attached hydrogen (secondary N) is 1. The molecule has 24 heavy (non-hydrogen) atoms. The van der Waals surface area contributed by atoms with Gasteiger partial charge in [0.25, 0.3) is 0 Å². The molecule has 1 saturated heterocycles. The lowest BCUT2D eigenvalue weighted by atomic mass is 9.51. The van der Waals surface area contributed by atoms with Gasteiger partial charge in [0.15, 0.2) is 0 Å². The Kier molecular flexibility index (Phi) is 3.59. The standard InChI is InChI=1S/C20H29NO3/c1-19-9-4-5-14(19)12-6-7-16-20(2,15(12)8-10-19)11-13(17(22)21-16)18(23)24-3/h6,13-16H,4-5,7-11H2,1-3H3,(H,21,22)/t13?,14-,15+,16?,19-,20+/m0/s1. The van der Waals surface area contributed by atoms with Crippen molar-refractivity contribution in [3.63, 3.8) is 0 Å². The van der Waals surface area contributed by atoms with Gasteiger partial charge < -0.3 is 10.1 Å². The van der Waals surface area contributed by atoms with E-state index in [1.54, 1.807) is 5.57 Å². The lowest BCUT2D eigenvalue weighted by Crippen LogP contribution is -2.61. The molecule has 6 atom stereocenters. The van der Waals surface area contributed by atoms with Gasteiger partial charge in [-0.2, -0.15) is 0 Å². The van der Waals surface area contributed by atoms with Crippen molar-refractivity contribution >= 4 is 11.9 Å². The number of rotatable bonds is 1. The summed E-state index contributed by atoms with van der Waals surface area (Å²) in [6.07, 6.45) is 10.4. The molecule has 0 aromatic heterocycles. The highest BCUT2D eigenvalue weighted by atomic mass is 16.5. The van der Waals surface area contributed by atoms with Crippen LogP contribution in [0.4, 0.5) is 0 Å². The Bertz CT molecular complexity index is 612. The highest BCUT2D eigenvalue weighted by molar-refractivity contribution is 5.98. The van der Waals surface area contributed by atoms with E-state index in [4.69, 9.17) is 4.74 Å². The third-order valence-electron chi connectivity index (χ3n) is 7.83. The van der Waals surface area contributed by atoms with E-state index in [1.807, 2.05) is 0 Å². The number of allylic oxidation sites excluding steroid dienone is 1. The fraction of sp³-hybridized carbons (Fsp3) is 0.800. The number of ether oxygens (including phenoxy) is 1. The van der Waals surface area contributed by atoms with E-state index in [2.05, 4.69) is 25.2 Å². The molecule has 0 spiro atoms. The molecule has 0 bridgehead atoms. The van der Waals surface area contributed by atoms with E-state index < -0.39 is 5.92 Å². The van der Waals surface area contributed by atoms with E-state index >= 15 is 0 Å². The SMILES string of the molecule is COC(=O)C1C[C@@]2(C)C(CC=C3[C@H]2CC[C@]2(C)CCC[C@@H]32)NC1=O. The molecule has 0 aromatic carbocycles. The first-order chi connectivity index (χ1) is 11.4. The summed E-state index contributed by atoms with van der Waals surface area (Å²) >= 11 is 0. The molecule has 4 heteroatoms. The van der Waals surface area contributed by atoms with Crippen LogP contribution in [0.25, 0.3) is 0 Å². The molecule has 1 amide bonds. The lowest BCUT2D eigenvalue weighted by Gasteiger charge is -2.56. The Morgan fingerprint density at radius 2 is 2.04 bits per heavy atom. The van der Waals surface area contributed by atoms with Crippen LogP contribution in [0.3, 0.4) is 0 Å². The van der Waals surface area contributed by atoms with Crippen molar-refractivity contribution in [1.82, 2.24) is 5.32 Å². The van der Waals surface area contributed by atoms with Gasteiger partial charge in [0.1, 0.15) is 5.92 Å². The Morgan fingerprint density at radius 3 is 2.79 bits per heavy atom. The first-order valence-electron chi connectivity index (χ1n) is 9.47. The zero-order valence-electron chi connectivity index (χ0n) is 15.1. The molecule has 4 nitrogen and oxygen atoms in total. The minimum atomic E-state index is -0.646. The maximum atomic E-state index is 12.4. The summed E-state index contributed by atoms with van der Waals surface area (Å²) < 4.78 is 4.89. The van der Waals surface area contributed by atoms with Gasteiger partial charge in [0.2, 0.25) is 5.91 Å². The highest BCUT2D eigenvalue weighted by Crippen LogP contribution is 2.62. The zero-order valence-corrected chi connectivity index (χ0v) is 15.1. The molecule has 132 valence electrons. The van der Waals surface area contributed by atoms with Crippen LogP contribution >= 0.6 is 0 Å². The van der Waals surface area contributed by atoms with E-state index in [0.717, 1.165) is 6.42 Å². The molecule has 1 heterocycles. The van der Waals surface area contributed by atoms with Crippen LogP contribution in [0, 0.1) is 28.6 Å². The number of piperidine rings is 1. The lowest BCUT2D eigenvalue weighted by molar-refractivity contribution is -0.156. The normalized spacial score (nSPS) is 47.0. The third kappa shape index (κ3) is 2.11. The third-order valence-corrected chi connectivity index (χ3v) is 7.83. The van der Waals surface area contributed by atoms with Crippen molar-refractivity contribution in [2.24, 2.45) is 28.6 Å². The van der Waals surface area contributed by atoms with E-state index in [0.29, 0.717) is 23.7 Å². The first kappa shape index (κ1) is 16.2. The topological polar surface area (TPSA) is 55.4 Å². The van der Waals surface area contributed by atoms with Crippen LogP contribution < -0.4 is 5.32 Å².